The van der Waals surface area contributed by atoms with Crippen LogP contribution >= 0.6 is 11.3 Å². The van der Waals surface area contributed by atoms with Crippen LogP contribution in [0.4, 0.5) is 5.13 Å². The van der Waals surface area contributed by atoms with Crippen LogP contribution in [-0.2, 0) is 0 Å². The predicted octanol–water partition coefficient (Wildman–Crippen LogP) is 4.67. The highest BCUT2D eigenvalue weighted by molar-refractivity contribution is 7.16. The van der Waals surface area contributed by atoms with Gasteiger partial charge in [-0.1, -0.05) is 35.4 Å². The molecule has 0 saturated carbocycles. The molecule has 7 nitrogen and oxygen atoms in total. The summed E-state index contributed by atoms with van der Waals surface area (Å²) in [5, 5.41) is 9.57. The van der Waals surface area contributed by atoms with E-state index in [-0.39, 0.29) is 5.91 Å². The van der Waals surface area contributed by atoms with Crippen LogP contribution in [0.15, 0.2) is 54.9 Å². The largest absolute Gasteiger partial charge is 0.343 e. The molecule has 0 N–H and O–H groups in total. The number of hydrogen-bond donors (Lipinski definition) is 0. The van der Waals surface area contributed by atoms with Crippen molar-refractivity contribution in [3.05, 3.63) is 76.4 Å². The lowest BCUT2D eigenvalue weighted by Gasteiger charge is -2.53. The molecule has 2 aliphatic rings. The second-order valence-electron chi connectivity index (χ2n) is 9.63. The molecule has 0 unspecified atom stereocenters. The molecule has 2 saturated heterocycles. The summed E-state index contributed by atoms with van der Waals surface area (Å²) in [5.41, 5.74) is 5.89. The minimum absolute atomic E-state index is 0.0436. The molecule has 2 aliphatic heterocycles. The number of fused-ring (bicyclic) bond motifs is 1. The van der Waals surface area contributed by atoms with Crippen molar-refractivity contribution in [3.63, 3.8) is 0 Å². The zero-order valence-electron chi connectivity index (χ0n) is 20.2. The maximum absolute atomic E-state index is 13.7. The third-order valence-electron chi connectivity index (χ3n) is 7.18. The Balaban J connectivity index is 1.24. The molecule has 178 valence electrons. The van der Waals surface area contributed by atoms with Crippen molar-refractivity contribution in [2.75, 3.05) is 24.5 Å². The van der Waals surface area contributed by atoms with Crippen LogP contribution in [-0.4, -0.2) is 56.5 Å². The maximum atomic E-state index is 13.7. The van der Waals surface area contributed by atoms with E-state index in [4.69, 9.17) is 4.98 Å². The number of rotatable bonds is 4. The highest BCUT2D eigenvalue weighted by atomic mass is 32.1. The van der Waals surface area contributed by atoms with E-state index < -0.39 is 0 Å². The van der Waals surface area contributed by atoms with Gasteiger partial charge in [-0.15, -0.1) is 11.3 Å². The molecule has 2 fully saturated rings. The van der Waals surface area contributed by atoms with Crippen LogP contribution < -0.4 is 4.90 Å². The van der Waals surface area contributed by atoms with E-state index in [1.165, 1.54) is 20.8 Å². The van der Waals surface area contributed by atoms with Crippen LogP contribution in [0.5, 0.6) is 0 Å². The number of hydrogen-bond acceptors (Lipinski definition) is 6. The van der Waals surface area contributed by atoms with Crippen LogP contribution in [0.3, 0.4) is 0 Å². The van der Waals surface area contributed by atoms with E-state index in [9.17, 15) is 4.79 Å². The maximum Gasteiger partial charge on any atom is 0.256 e. The number of nitrogens with zero attached hydrogens (tertiary/aromatic N) is 6. The van der Waals surface area contributed by atoms with Crippen LogP contribution in [0.25, 0.3) is 16.9 Å². The molecule has 4 aromatic rings. The Kier molecular flexibility index (Phi) is 5.40. The van der Waals surface area contributed by atoms with Gasteiger partial charge < -0.3 is 9.80 Å². The lowest BCUT2D eigenvalue weighted by atomic mass is 9.82. The number of likely N-dealkylation sites (tertiary alicyclic amines) is 1. The van der Waals surface area contributed by atoms with Gasteiger partial charge in [-0.3, -0.25) is 4.79 Å². The average Bonchev–Trinajstić information content (AvgIpc) is 3.49. The van der Waals surface area contributed by atoms with Gasteiger partial charge in [-0.05, 0) is 45.4 Å². The summed E-state index contributed by atoms with van der Waals surface area (Å²) in [6, 6.07) is 14.7. The number of piperidine rings is 1. The lowest BCUT2D eigenvalue weighted by molar-refractivity contribution is 0.0592. The lowest BCUT2D eigenvalue weighted by Crippen LogP contribution is -2.65. The third-order valence-corrected chi connectivity index (χ3v) is 8.19. The second-order valence-corrected chi connectivity index (χ2v) is 10.8. The zero-order chi connectivity index (χ0) is 24.1. The van der Waals surface area contributed by atoms with Gasteiger partial charge in [0.25, 0.3) is 5.91 Å². The Bertz CT molecular complexity index is 1390. The number of carbonyl (C=O) groups is 1. The Labute approximate surface area is 209 Å². The first-order valence-electron chi connectivity index (χ1n) is 12.1. The Hall–Kier alpha value is -3.52. The molecule has 2 aromatic carbocycles. The summed E-state index contributed by atoms with van der Waals surface area (Å²) in [5.74, 6) is 0.650. The Morgan fingerprint density at radius 3 is 2.60 bits per heavy atom. The van der Waals surface area contributed by atoms with Crippen molar-refractivity contribution in [1.29, 1.82) is 0 Å². The standard InChI is InChI=1S/C27H28N6OS/c1-17-5-4-6-20(13-17)25-19(3)35-27(30-25)32-15-21-9-12-31(16-24(21)32)26(34)22-14-18(2)7-8-23(22)33-28-10-11-29-33/h4-8,10-11,13-14,21,24H,9,12,15-16H2,1-3H3/t21-,24-/m0/s1. The summed E-state index contributed by atoms with van der Waals surface area (Å²) in [7, 11) is 0. The first-order chi connectivity index (χ1) is 17.0. The van der Waals surface area contributed by atoms with E-state index in [0.717, 1.165) is 41.6 Å². The average molecular weight is 485 g/mol. The molecule has 8 heteroatoms. The van der Waals surface area contributed by atoms with Crippen molar-refractivity contribution >= 4 is 22.4 Å². The molecule has 2 atom stereocenters. The fourth-order valence-corrected chi connectivity index (χ4v) is 6.27. The van der Waals surface area contributed by atoms with Gasteiger partial charge in [0.2, 0.25) is 0 Å². The number of anilines is 1. The monoisotopic (exact) mass is 484 g/mol. The van der Waals surface area contributed by atoms with E-state index in [1.54, 1.807) is 23.7 Å². The zero-order valence-corrected chi connectivity index (χ0v) is 21.0. The molecule has 1 amide bonds. The second kappa shape index (κ2) is 8.61. The summed E-state index contributed by atoms with van der Waals surface area (Å²) in [6.07, 6.45) is 4.28. The normalized spacial score (nSPS) is 19.4. The van der Waals surface area contributed by atoms with Gasteiger partial charge in [-0.25, -0.2) is 4.98 Å². The number of thiazole rings is 1. The van der Waals surface area contributed by atoms with Crippen molar-refractivity contribution < 1.29 is 4.79 Å². The van der Waals surface area contributed by atoms with Gasteiger partial charge in [0.15, 0.2) is 5.13 Å². The number of benzene rings is 2. The fourth-order valence-electron chi connectivity index (χ4n) is 5.27. The number of aryl methyl sites for hydroxylation is 3. The number of carbonyl (C=O) groups excluding carboxylic acids is 1. The van der Waals surface area contributed by atoms with E-state index >= 15 is 0 Å². The highest BCUT2D eigenvalue weighted by Crippen LogP contribution is 2.41. The van der Waals surface area contributed by atoms with Crippen molar-refractivity contribution in [1.82, 2.24) is 24.9 Å². The van der Waals surface area contributed by atoms with E-state index in [1.807, 2.05) is 30.0 Å². The van der Waals surface area contributed by atoms with E-state index in [0.29, 0.717) is 24.1 Å². The molecule has 0 aliphatic carbocycles. The topological polar surface area (TPSA) is 67.2 Å². The van der Waals surface area contributed by atoms with Gasteiger partial charge in [0, 0.05) is 36.0 Å². The molecule has 2 aromatic heterocycles. The quantitative estimate of drug-likeness (QED) is 0.421. The summed E-state index contributed by atoms with van der Waals surface area (Å²) in [6.45, 7) is 8.77. The summed E-state index contributed by atoms with van der Waals surface area (Å²) < 4.78 is 0. The summed E-state index contributed by atoms with van der Waals surface area (Å²) in [4.78, 5) is 25.9. The molecule has 0 radical (unpaired) electrons. The smallest absolute Gasteiger partial charge is 0.256 e. The molecule has 35 heavy (non-hydrogen) atoms. The van der Waals surface area contributed by atoms with Crippen molar-refractivity contribution in [2.45, 2.75) is 33.2 Å². The van der Waals surface area contributed by atoms with Crippen LogP contribution in [0.1, 0.15) is 32.8 Å². The van der Waals surface area contributed by atoms with Crippen molar-refractivity contribution in [2.24, 2.45) is 5.92 Å². The number of aromatic nitrogens is 4. The van der Waals surface area contributed by atoms with Gasteiger partial charge in [0.05, 0.1) is 35.4 Å². The fraction of sp³-hybridized carbons (Fsp3) is 0.333. The molecule has 6 rings (SSSR count). The molecular formula is C27H28N6OS. The first kappa shape index (κ1) is 22.0. The van der Waals surface area contributed by atoms with Gasteiger partial charge in [-0.2, -0.15) is 15.0 Å². The van der Waals surface area contributed by atoms with Crippen LogP contribution in [0.2, 0.25) is 0 Å². The van der Waals surface area contributed by atoms with Crippen LogP contribution in [0, 0.1) is 26.7 Å². The summed E-state index contributed by atoms with van der Waals surface area (Å²) >= 11 is 1.75. The Morgan fingerprint density at radius 1 is 1.00 bits per heavy atom. The minimum atomic E-state index is 0.0436. The number of amides is 1. The highest BCUT2D eigenvalue weighted by Gasteiger charge is 2.45. The molecule has 0 spiro atoms. The predicted molar refractivity (Wildman–Crippen MR) is 138 cm³/mol. The molecule has 0 bridgehead atoms. The van der Waals surface area contributed by atoms with Crippen molar-refractivity contribution in [3.8, 4) is 16.9 Å². The third kappa shape index (κ3) is 3.91. The van der Waals surface area contributed by atoms with Gasteiger partial charge >= 0.3 is 0 Å². The molecular weight excluding hydrogens is 456 g/mol. The van der Waals surface area contributed by atoms with E-state index in [2.05, 4.69) is 53.2 Å². The van der Waals surface area contributed by atoms with Gasteiger partial charge in [0.1, 0.15) is 0 Å². The Morgan fingerprint density at radius 2 is 1.80 bits per heavy atom. The first-order valence-corrected chi connectivity index (χ1v) is 12.9. The minimum Gasteiger partial charge on any atom is -0.343 e. The SMILES string of the molecule is Cc1cccc(-c2nc(N3C[C@@H]4CCN(C(=O)c5cc(C)ccc5-n5nccn5)C[C@@H]43)sc2C)c1. The molecule has 4 heterocycles.